The molecule has 1 aromatic heterocycles. The van der Waals surface area contributed by atoms with Crippen LogP contribution in [0.1, 0.15) is 28.9 Å². The molecule has 1 fully saturated rings. The van der Waals surface area contributed by atoms with Crippen molar-refractivity contribution in [2.45, 2.75) is 39.4 Å². The van der Waals surface area contributed by atoms with Gasteiger partial charge in [-0.25, -0.2) is 0 Å². The van der Waals surface area contributed by atoms with Gasteiger partial charge in [0, 0.05) is 25.3 Å². The molecule has 0 bridgehead atoms. The van der Waals surface area contributed by atoms with E-state index in [-0.39, 0.29) is 18.2 Å². The van der Waals surface area contributed by atoms with Crippen LogP contribution in [0.2, 0.25) is 0 Å². The normalized spacial score (nSPS) is 16.9. The minimum atomic E-state index is -0.489. The lowest BCUT2D eigenvalue weighted by Gasteiger charge is -2.34. The van der Waals surface area contributed by atoms with Crippen molar-refractivity contribution in [3.05, 3.63) is 58.9 Å². The van der Waals surface area contributed by atoms with Gasteiger partial charge >= 0.3 is 0 Å². The number of methoxy groups -OCH3 is 1. The molecule has 7 nitrogen and oxygen atoms in total. The van der Waals surface area contributed by atoms with E-state index in [1.165, 1.54) is 0 Å². The molecule has 29 heavy (non-hydrogen) atoms. The molecule has 3 rings (SSSR count). The number of aryl methyl sites for hydroxylation is 2. The molecule has 1 atom stereocenters. The Balaban J connectivity index is 1.62. The highest BCUT2D eigenvalue weighted by Gasteiger charge is 2.31. The number of hydrogen-bond acceptors (Lipinski definition) is 5. The summed E-state index contributed by atoms with van der Waals surface area (Å²) >= 11 is 0. The standard InChI is InChI=1S/C22H28N4O3/c1-15-11-17(7-8-20(15)29-3)14-26-10-9-23-22(28)19(26)12-21(27)24-13-18-6-4-5-16(2)25-18/h4-8,11,19H,9-10,12-14H2,1-3H3,(H,23,28)(H,24,27)/t19-/m1/s1. The zero-order chi connectivity index (χ0) is 20.8. The third-order valence-electron chi connectivity index (χ3n) is 5.08. The Labute approximate surface area is 171 Å². The number of nitrogens with one attached hydrogen (secondary N) is 2. The highest BCUT2D eigenvalue weighted by Crippen LogP contribution is 2.21. The Morgan fingerprint density at radius 1 is 1.31 bits per heavy atom. The molecule has 1 saturated heterocycles. The molecule has 1 aliphatic heterocycles. The van der Waals surface area contributed by atoms with E-state index >= 15 is 0 Å². The molecule has 154 valence electrons. The lowest BCUT2D eigenvalue weighted by molar-refractivity contribution is -0.134. The SMILES string of the molecule is COc1ccc(CN2CCNC(=O)[C@H]2CC(=O)NCc2cccc(C)n2)cc1C. The van der Waals surface area contributed by atoms with Gasteiger partial charge in [-0.15, -0.1) is 0 Å². The molecular formula is C22H28N4O3. The first kappa shape index (κ1) is 20.8. The van der Waals surface area contributed by atoms with Gasteiger partial charge in [0.15, 0.2) is 0 Å². The number of carbonyl (C=O) groups is 2. The summed E-state index contributed by atoms with van der Waals surface area (Å²) in [5, 5.41) is 5.75. The van der Waals surface area contributed by atoms with Crippen molar-refractivity contribution in [1.29, 1.82) is 0 Å². The van der Waals surface area contributed by atoms with Gasteiger partial charge in [-0.05, 0) is 43.2 Å². The third-order valence-corrected chi connectivity index (χ3v) is 5.08. The van der Waals surface area contributed by atoms with Crippen molar-refractivity contribution < 1.29 is 14.3 Å². The third kappa shape index (κ3) is 5.54. The highest BCUT2D eigenvalue weighted by molar-refractivity contribution is 5.88. The van der Waals surface area contributed by atoms with Crippen molar-refractivity contribution in [3.63, 3.8) is 0 Å². The molecule has 2 amide bonds. The van der Waals surface area contributed by atoms with Crippen LogP contribution in [0.5, 0.6) is 5.75 Å². The molecule has 0 aliphatic carbocycles. The van der Waals surface area contributed by atoms with Gasteiger partial charge in [-0.1, -0.05) is 18.2 Å². The number of carbonyl (C=O) groups excluding carboxylic acids is 2. The van der Waals surface area contributed by atoms with Crippen LogP contribution >= 0.6 is 0 Å². The fraction of sp³-hybridized carbons (Fsp3) is 0.409. The predicted octanol–water partition coefficient (Wildman–Crippen LogP) is 1.71. The van der Waals surface area contributed by atoms with Crippen molar-refractivity contribution in [3.8, 4) is 5.75 Å². The summed E-state index contributed by atoms with van der Waals surface area (Å²) in [5.41, 5.74) is 3.85. The van der Waals surface area contributed by atoms with Crippen LogP contribution in [-0.4, -0.2) is 47.9 Å². The summed E-state index contributed by atoms with van der Waals surface area (Å²) in [7, 11) is 1.65. The molecule has 0 radical (unpaired) electrons. The van der Waals surface area contributed by atoms with E-state index in [2.05, 4.69) is 26.6 Å². The quantitative estimate of drug-likeness (QED) is 0.745. The van der Waals surface area contributed by atoms with Gasteiger partial charge < -0.3 is 15.4 Å². The van der Waals surface area contributed by atoms with Crippen molar-refractivity contribution in [2.24, 2.45) is 0 Å². The average Bonchev–Trinajstić information content (AvgIpc) is 2.69. The van der Waals surface area contributed by atoms with Crippen LogP contribution in [0.25, 0.3) is 0 Å². The van der Waals surface area contributed by atoms with Gasteiger partial charge in [-0.2, -0.15) is 0 Å². The van der Waals surface area contributed by atoms with Crippen LogP contribution in [0, 0.1) is 13.8 Å². The molecule has 0 unspecified atom stereocenters. The maximum absolute atomic E-state index is 12.5. The molecule has 0 spiro atoms. The van der Waals surface area contributed by atoms with Gasteiger partial charge in [-0.3, -0.25) is 19.5 Å². The van der Waals surface area contributed by atoms with Crippen LogP contribution < -0.4 is 15.4 Å². The van der Waals surface area contributed by atoms with Crippen molar-refractivity contribution >= 4 is 11.8 Å². The molecule has 2 heterocycles. The second-order valence-corrected chi connectivity index (χ2v) is 7.33. The second kappa shape index (κ2) is 9.52. The van der Waals surface area contributed by atoms with Crippen LogP contribution in [-0.2, 0) is 22.7 Å². The summed E-state index contributed by atoms with van der Waals surface area (Å²) in [6.07, 6.45) is 0.118. The van der Waals surface area contributed by atoms with E-state index in [9.17, 15) is 9.59 Å². The predicted molar refractivity (Wildman–Crippen MR) is 110 cm³/mol. The molecule has 2 N–H and O–H groups in total. The van der Waals surface area contributed by atoms with Crippen LogP contribution in [0.15, 0.2) is 36.4 Å². The van der Waals surface area contributed by atoms with E-state index in [1.807, 2.05) is 44.2 Å². The Morgan fingerprint density at radius 3 is 2.86 bits per heavy atom. The monoisotopic (exact) mass is 396 g/mol. The summed E-state index contributed by atoms with van der Waals surface area (Å²) < 4.78 is 5.32. The number of nitrogens with zero attached hydrogens (tertiary/aromatic N) is 2. The highest BCUT2D eigenvalue weighted by atomic mass is 16.5. The fourth-order valence-electron chi connectivity index (χ4n) is 3.58. The van der Waals surface area contributed by atoms with E-state index in [0.717, 1.165) is 28.3 Å². The number of benzene rings is 1. The molecule has 1 aliphatic rings. The minimum absolute atomic E-state index is 0.106. The van der Waals surface area contributed by atoms with Gasteiger partial charge in [0.05, 0.1) is 31.8 Å². The zero-order valence-electron chi connectivity index (χ0n) is 17.2. The van der Waals surface area contributed by atoms with Crippen LogP contribution in [0.4, 0.5) is 0 Å². The largest absolute Gasteiger partial charge is 0.496 e. The zero-order valence-corrected chi connectivity index (χ0v) is 17.2. The number of hydrogen-bond donors (Lipinski definition) is 2. The van der Waals surface area contributed by atoms with E-state index in [4.69, 9.17) is 4.74 Å². The summed E-state index contributed by atoms with van der Waals surface area (Å²) in [4.78, 5) is 31.4. The Bertz CT molecular complexity index is 884. The maximum Gasteiger partial charge on any atom is 0.237 e. The second-order valence-electron chi connectivity index (χ2n) is 7.33. The van der Waals surface area contributed by atoms with E-state index in [0.29, 0.717) is 26.2 Å². The number of ether oxygens (including phenoxy) is 1. The van der Waals surface area contributed by atoms with Gasteiger partial charge in [0.2, 0.25) is 11.8 Å². The first-order chi connectivity index (χ1) is 14.0. The summed E-state index contributed by atoms with van der Waals surface area (Å²) in [6.45, 7) is 6.15. The summed E-state index contributed by atoms with van der Waals surface area (Å²) in [5.74, 6) is 0.572. The first-order valence-electron chi connectivity index (χ1n) is 9.81. The number of aromatic nitrogens is 1. The Hall–Kier alpha value is -2.93. The molecule has 2 aromatic rings. The molecular weight excluding hydrogens is 368 g/mol. The first-order valence-corrected chi connectivity index (χ1v) is 9.81. The minimum Gasteiger partial charge on any atom is -0.496 e. The number of piperazine rings is 1. The fourth-order valence-corrected chi connectivity index (χ4v) is 3.58. The number of pyridine rings is 1. The van der Waals surface area contributed by atoms with E-state index < -0.39 is 6.04 Å². The average molecular weight is 396 g/mol. The topological polar surface area (TPSA) is 83.6 Å². The lowest BCUT2D eigenvalue weighted by Crippen LogP contribution is -2.56. The van der Waals surface area contributed by atoms with Crippen LogP contribution in [0.3, 0.4) is 0 Å². The molecule has 7 heteroatoms. The maximum atomic E-state index is 12.5. The number of amides is 2. The van der Waals surface area contributed by atoms with Gasteiger partial charge in [0.25, 0.3) is 0 Å². The molecule has 0 saturated carbocycles. The van der Waals surface area contributed by atoms with E-state index in [1.54, 1.807) is 7.11 Å². The van der Waals surface area contributed by atoms with Crippen molar-refractivity contribution in [2.75, 3.05) is 20.2 Å². The van der Waals surface area contributed by atoms with Gasteiger partial charge in [0.1, 0.15) is 5.75 Å². The smallest absolute Gasteiger partial charge is 0.237 e. The lowest BCUT2D eigenvalue weighted by atomic mass is 10.1. The molecule has 1 aromatic carbocycles. The Morgan fingerprint density at radius 2 is 2.14 bits per heavy atom. The number of rotatable bonds is 7. The van der Waals surface area contributed by atoms with Crippen molar-refractivity contribution in [1.82, 2.24) is 20.5 Å². The summed E-state index contributed by atoms with van der Waals surface area (Å²) in [6, 6.07) is 11.2. The Kier molecular flexibility index (Phi) is 6.82.